The Morgan fingerprint density at radius 2 is 1.93 bits per heavy atom. The SMILES string of the molecule is CCC(C)(C)Cc1cc(F)cc(OC)c1. The second kappa shape index (κ2) is 4.65. The summed E-state index contributed by atoms with van der Waals surface area (Å²) in [6, 6.07) is 4.89. The summed E-state index contributed by atoms with van der Waals surface area (Å²) in [5, 5.41) is 0. The van der Waals surface area contributed by atoms with Gasteiger partial charge in [0.2, 0.25) is 0 Å². The monoisotopic (exact) mass is 210 g/mol. The van der Waals surface area contributed by atoms with Crippen LogP contribution in [0.5, 0.6) is 5.75 Å². The van der Waals surface area contributed by atoms with Gasteiger partial charge in [0.15, 0.2) is 0 Å². The van der Waals surface area contributed by atoms with E-state index in [2.05, 4.69) is 20.8 Å². The highest BCUT2D eigenvalue weighted by atomic mass is 19.1. The molecule has 0 unspecified atom stereocenters. The molecule has 1 aromatic carbocycles. The first-order valence-electron chi connectivity index (χ1n) is 5.30. The maximum atomic E-state index is 13.2. The van der Waals surface area contributed by atoms with Crippen LogP contribution in [0, 0.1) is 11.2 Å². The lowest BCUT2D eigenvalue weighted by Crippen LogP contribution is -2.13. The van der Waals surface area contributed by atoms with E-state index in [0.29, 0.717) is 5.75 Å². The molecule has 0 spiro atoms. The Hall–Kier alpha value is -1.05. The van der Waals surface area contributed by atoms with Gasteiger partial charge in [0, 0.05) is 6.07 Å². The molecular formula is C13H19FO. The molecule has 0 aliphatic heterocycles. The maximum Gasteiger partial charge on any atom is 0.127 e. The minimum atomic E-state index is -0.226. The van der Waals surface area contributed by atoms with Gasteiger partial charge in [-0.1, -0.05) is 27.2 Å². The Bertz CT molecular complexity index is 331. The molecular weight excluding hydrogens is 191 g/mol. The highest BCUT2D eigenvalue weighted by Gasteiger charge is 2.16. The molecule has 1 aromatic rings. The van der Waals surface area contributed by atoms with Gasteiger partial charge in [0.25, 0.3) is 0 Å². The fourth-order valence-corrected chi connectivity index (χ4v) is 1.52. The van der Waals surface area contributed by atoms with E-state index in [-0.39, 0.29) is 11.2 Å². The van der Waals surface area contributed by atoms with Crippen LogP contribution < -0.4 is 4.74 Å². The highest BCUT2D eigenvalue weighted by molar-refractivity contribution is 5.30. The largest absolute Gasteiger partial charge is 0.497 e. The van der Waals surface area contributed by atoms with E-state index in [0.717, 1.165) is 18.4 Å². The average molecular weight is 210 g/mol. The number of methoxy groups -OCH3 is 1. The number of benzene rings is 1. The molecule has 0 N–H and O–H groups in total. The summed E-state index contributed by atoms with van der Waals surface area (Å²) >= 11 is 0. The summed E-state index contributed by atoms with van der Waals surface area (Å²) in [7, 11) is 1.56. The Morgan fingerprint density at radius 3 is 2.47 bits per heavy atom. The van der Waals surface area contributed by atoms with E-state index in [1.807, 2.05) is 6.07 Å². The molecule has 0 heterocycles. The van der Waals surface area contributed by atoms with Gasteiger partial charge in [-0.15, -0.1) is 0 Å². The van der Waals surface area contributed by atoms with Crippen molar-refractivity contribution >= 4 is 0 Å². The Balaban J connectivity index is 2.90. The summed E-state index contributed by atoms with van der Waals surface area (Å²) in [5.74, 6) is 0.369. The predicted molar refractivity (Wildman–Crippen MR) is 60.7 cm³/mol. The first-order valence-corrected chi connectivity index (χ1v) is 5.30. The fraction of sp³-hybridized carbons (Fsp3) is 0.538. The van der Waals surface area contributed by atoms with Crippen LogP contribution >= 0.6 is 0 Å². The molecule has 2 heteroatoms. The van der Waals surface area contributed by atoms with Gasteiger partial charge >= 0.3 is 0 Å². The van der Waals surface area contributed by atoms with Crippen LogP contribution in [0.2, 0.25) is 0 Å². The van der Waals surface area contributed by atoms with E-state index in [1.165, 1.54) is 6.07 Å². The van der Waals surface area contributed by atoms with Crippen LogP contribution in [0.25, 0.3) is 0 Å². The number of ether oxygens (including phenoxy) is 1. The third-order valence-corrected chi connectivity index (χ3v) is 2.81. The van der Waals surface area contributed by atoms with Crippen LogP contribution in [0.4, 0.5) is 4.39 Å². The Labute approximate surface area is 91.3 Å². The van der Waals surface area contributed by atoms with Crippen molar-refractivity contribution in [3.8, 4) is 5.75 Å². The summed E-state index contributed by atoms with van der Waals surface area (Å²) < 4.78 is 18.3. The number of rotatable bonds is 4. The molecule has 0 amide bonds. The van der Waals surface area contributed by atoms with Crippen molar-refractivity contribution in [2.75, 3.05) is 7.11 Å². The number of hydrogen-bond donors (Lipinski definition) is 0. The zero-order valence-corrected chi connectivity index (χ0v) is 9.93. The molecule has 15 heavy (non-hydrogen) atoms. The smallest absolute Gasteiger partial charge is 0.127 e. The minimum absolute atomic E-state index is 0.207. The van der Waals surface area contributed by atoms with Crippen molar-refractivity contribution in [3.63, 3.8) is 0 Å². The number of hydrogen-bond acceptors (Lipinski definition) is 1. The van der Waals surface area contributed by atoms with Crippen molar-refractivity contribution in [1.29, 1.82) is 0 Å². The summed E-state index contributed by atoms with van der Waals surface area (Å²) in [6.45, 7) is 6.52. The van der Waals surface area contributed by atoms with Crippen LogP contribution in [-0.2, 0) is 6.42 Å². The van der Waals surface area contributed by atoms with E-state index in [9.17, 15) is 4.39 Å². The van der Waals surface area contributed by atoms with Gasteiger partial charge < -0.3 is 4.74 Å². The fourth-order valence-electron chi connectivity index (χ4n) is 1.52. The summed E-state index contributed by atoms with van der Waals surface area (Å²) in [4.78, 5) is 0. The molecule has 84 valence electrons. The van der Waals surface area contributed by atoms with Crippen molar-refractivity contribution in [1.82, 2.24) is 0 Å². The Kier molecular flexibility index (Phi) is 3.72. The van der Waals surface area contributed by atoms with Crippen molar-refractivity contribution in [3.05, 3.63) is 29.6 Å². The van der Waals surface area contributed by atoms with Gasteiger partial charge in [-0.3, -0.25) is 0 Å². The van der Waals surface area contributed by atoms with Crippen LogP contribution in [0.15, 0.2) is 18.2 Å². The van der Waals surface area contributed by atoms with Gasteiger partial charge in [0.05, 0.1) is 7.11 Å². The van der Waals surface area contributed by atoms with Crippen molar-refractivity contribution < 1.29 is 9.13 Å². The molecule has 0 saturated carbocycles. The second-order valence-electron chi connectivity index (χ2n) is 4.69. The second-order valence-corrected chi connectivity index (χ2v) is 4.69. The van der Waals surface area contributed by atoms with Crippen LogP contribution in [-0.4, -0.2) is 7.11 Å². The average Bonchev–Trinajstić information content (AvgIpc) is 2.16. The maximum absolute atomic E-state index is 13.2. The first-order chi connectivity index (χ1) is 6.96. The molecule has 0 fully saturated rings. The summed E-state index contributed by atoms with van der Waals surface area (Å²) in [5.41, 5.74) is 1.21. The molecule has 0 radical (unpaired) electrons. The van der Waals surface area contributed by atoms with Crippen LogP contribution in [0.1, 0.15) is 32.8 Å². The third kappa shape index (κ3) is 3.54. The van der Waals surface area contributed by atoms with Crippen LogP contribution in [0.3, 0.4) is 0 Å². The van der Waals surface area contributed by atoms with Gasteiger partial charge in [-0.05, 0) is 29.5 Å². The van der Waals surface area contributed by atoms with Crippen molar-refractivity contribution in [2.24, 2.45) is 5.41 Å². The standard InChI is InChI=1S/C13H19FO/c1-5-13(2,3)9-10-6-11(14)8-12(7-10)15-4/h6-8H,5,9H2,1-4H3. The molecule has 0 aliphatic rings. The summed E-state index contributed by atoms with van der Waals surface area (Å²) in [6.07, 6.45) is 1.95. The molecule has 1 nitrogen and oxygen atoms in total. The highest BCUT2D eigenvalue weighted by Crippen LogP contribution is 2.27. The van der Waals surface area contributed by atoms with E-state index < -0.39 is 0 Å². The topological polar surface area (TPSA) is 9.23 Å². The van der Waals surface area contributed by atoms with Gasteiger partial charge in [0.1, 0.15) is 11.6 Å². The normalized spacial score (nSPS) is 11.5. The minimum Gasteiger partial charge on any atom is -0.497 e. The predicted octanol–water partition coefficient (Wildman–Crippen LogP) is 3.81. The molecule has 0 saturated heterocycles. The third-order valence-electron chi connectivity index (χ3n) is 2.81. The lowest BCUT2D eigenvalue weighted by atomic mass is 9.83. The Morgan fingerprint density at radius 1 is 1.27 bits per heavy atom. The van der Waals surface area contributed by atoms with E-state index >= 15 is 0 Å². The van der Waals surface area contributed by atoms with Gasteiger partial charge in [-0.25, -0.2) is 4.39 Å². The van der Waals surface area contributed by atoms with E-state index in [4.69, 9.17) is 4.74 Å². The number of halogens is 1. The molecule has 0 atom stereocenters. The molecule has 1 rings (SSSR count). The molecule has 0 aromatic heterocycles. The molecule has 0 aliphatic carbocycles. The first kappa shape index (κ1) is 12.0. The zero-order valence-electron chi connectivity index (χ0n) is 9.93. The van der Waals surface area contributed by atoms with Crippen molar-refractivity contribution in [2.45, 2.75) is 33.6 Å². The molecule has 0 bridgehead atoms. The van der Waals surface area contributed by atoms with E-state index in [1.54, 1.807) is 13.2 Å². The zero-order chi connectivity index (χ0) is 11.5. The lowest BCUT2D eigenvalue weighted by Gasteiger charge is -2.22. The quantitative estimate of drug-likeness (QED) is 0.734. The lowest BCUT2D eigenvalue weighted by molar-refractivity contribution is 0.347. The van der Waals surface area contributed by atoms with Gasteiger partial charge in [-0.2, -0.15) is 0 Å².